The summed E-state index contributed by atoms with van der Waals surface area (Å²) in [7, 11) is 1.40. The molecule has 0 spiro atoms. The van der Waals surface area contributed by atoms with Gasteiger partial charge < -0.3 is 10.1 Å². The molecule has 5 nitrogen and oxygen atoms in total. The minimum Gasteiger partial charge on any atom is -0.465 e. The van der Waals surface area contributed by atoms with Crippen molar-refractivity contribution in [2.45, 2.75) is 45.1 Å². The minimum absolute atomic E-state index is 0.0118. The lowest BCUT2D eigenvalue weighted by Crippen LogP contribution is -2.40. The Morgan fingerprint density at radius 1 is 1.27 bits per heavy atom. The van der Waals surface area contributed by atoms with E-state index >= 15 is 0 Å². The zero-order chi connectivity index (χ0) is 21.1. The number of carbonyl (C=O) groups excluding carboxylic acids is 2. The molecule has 0 radical (unpaired) electrons. The van der Waals surface area contributed by atoms with Gasteiger partial charge in [-0.2, -0.15) is 0 Å². The molecule has 1 saturated heterocycles. The lowest BCUT2D eigenvalue weighted by atomic mass is 9.95. The molecule has 1 aliphatic carbocycles. The summed E-state index contributed by atoms with van der Waals surface area (Å²) in [5, 5.41) is 3.76. The van der Waals surface area contributed by atoms with Gasteiger partial charge in [0, 0.05) is 22.4 Å². The zero-order valence-electron chi connectivity index (χ0n) is 17.2. The normalized spacial score (nSPS) is 19.2. The van der Waals surface area contributed by atoms with Crippen molar-refractivity contribution >= 4 is 44.1 Å². The molecule has 1 N–H and O–H groups in total. The number of piperidine rings is 1. The Balaban J connectivity index is 1.46. The Hall–Kier alpha value is -1.70. The van der Waals surface area contributed by atoms with Crippen molar-refractivity contribution < 1.29 is 14.3 Å². The number of nitrogens with zero attached hydrogens (tertiary/aromatic N) is 1. The highest BCUT2D eigenvalue weighted by molar-refractivity contribution is 9.10. The van der Waals surface area contributed by atoms with Crippen LogP contribution in [0.5, 0.6) is 0 Å². The standard InChI is InChI=1S/C23H27BrN2O3S/c1-29-23(28)20-18-9-2-3-10-19(18)30-22(20)25-21(27)16-7-5-11-26(14-16)13-15-6-4-8-17(24)12-15/h4,6,8,12,16H,2-3,5,7,9-11,13-14H2,1H3,(H,25,27). The van der Waals surface area contributed by atoms with E-state index in [0.29, 0.717) is 10.6 Å². The van der Waals surface area contributed by atoms with Gasteiger partial charge in [0.05, 0.1) is 18.6 Å². The number of methoxy groups -OCH3 is 1. The summed E-state index contributed by atoms with van der Waals surface area (Å²) in [5.41, 5.74) is 2.89. The second-order valence-corrected chi connectivity index (χ2v) is 10.1. The Kier molecular flexibility index (Phi) is 6.91. The van der Waals surface area contributed by atoms with Gasteiger partial charge in [0.1, 0.15) is 5.00 Å². The van der Waals surface area contributed by atoms with Gasteiger partial charge in [-0.25, -0.2) is 4.79 Å². The van der Waals surface area contributed by atoms with Gasteiger partial charge in [-0.05, 0) is 68.3 Å². The fraction of sp³-hybridized carbons (Fsp3) is 0.478. The topological polar surface area (TPSA) is 58.6 Å². The molecule has 1 aromatic carbocycles. The third-order valence-corrected chi connectivity index (χ3v) is 7.67. The fourth-order valence-corrected chi connectivity index (χ4v) is 6.22. The number of nitrogens with one attached hydrogen (secondary N) is 1. The smallest absolute Gasteiger partial charge is 0.341 e. The molecule has 2 aromatic rings. The van der Waals surface area contributed by atoms with Gasteiger partial charge in [-0.15, -0.1) is 11.3 Å². The summed E-state index contributed by atoms with van der Waals surface area (Å²) in [6.45, 7) is 2.57. The molecule has 160 valence electrons. The van der Waals surface area contributed by atoms with E-state index in [1.165, 1.54) is 17.6 Å². The number of carbonyl (C=O) groups is 2. The van der Waals surface area contributed by atoms with Crippen LogP contribution >= 0.6 is 27.3 Å². The Labute approximate surface area is 189 Å². The van der Waals surface area contributed by atoms with E-state index in [-0.39, 0.29) is 17.8 Å². The summed E-state index contributed by atoms with van der Waals surface area (Å²) < 4.78 is 6.10. The summed E-state index contributed by atoms with van der Waals surface area (Å²) >= 11 is 5.08. The van der Waals surface area contributed by atoms with Crippen LogP contribution in [0.25, 0.3) is 0 Å². The third kappa shape index (κ3) is 4.79. The predicted molar refractivity (Wildman–Crippen MR) is 123 cm³/mol. The first-order valence-electron chi connectivity index (χ1n) is 10.6. The number of esters is 1. The number of fused-ring (bicyclic) bond motifs is 1. The second kappa shape index (κ2) is 9.62. The van der Waals surface area contributed by atoms with Crippen LogP contribution in [0.3, 0.4) is 0 Å². The quantitative estimate of drug-likeness (QED) is 0.597. The zero-order valence-corrected chi connectivity index (χ0v) is 19.6. The molecule has 1 atom stereocenters. The predicted octanol–water partition coefficient (Wildman–Crippen LogP) is 5.03. The number of likely N-dealkylation sites (tertiary alicyclic amines) is 1. The van der Waals surface area contributed by atoms with Crippen molar-refractivity contribution in [2.24, 2.45) is 5.92 Å². The lowest BCUT2D eigenvalue weighted by Gasteiger charge is -2.32. The third-order valence-electron chi connectivity index (χ3n) is 5.97. The van der Waals surface area contributed by atoms with Crippen LogP contribution in [0, 0.1) is 5.92 Å². The van der Waals surface area contributed by atoms with Crippen LogP contribution in [0.15, 0.2) is 28.7 Å². The molecule has 0 saturated carbocycles. The van der Waals surface area contributed by atoms with E-state index in [4.69, 9.17) is 4.74 Å². The minimum atomic E-state index is -0.343. The van der Waals surface area contributed by atoms with Gasteiger partial charge in [0.15, 0.2) is 0 Å². The maximum absolute atomic E-state index is 13.1. The Morgan fingerprint density at radius 2 is 2.10 bits per heavy atom. The van der Waals surface area contributed by atoms with Gasteiger partial charge in [0.2, 0.25) is 5.91 Å². The number of hydrogen-bond acceptors (Lipinski definition) is 5. The molecule has 2 heterocycles. The summed E-state index contributed by atoms with van der Waals surface area (Å²) in [6, 6.07) is 8.31. The number of amides is 1. The first-order valence-corrected chi connectivity index (χ1v) is 12.2. The highest BCUT2D eigenvalue weighted by Gasteiger charge is 2.30. The van der Waals surface area contributed by atoms with Crippen molar-refractivity contribution in [3.63, 3.8) is 0 Å². The Morgan fingerprint density at radius 3 is 2.90 bits per heavy atom. The first kappa shape index (κ1) is 21.5. The van der Waals surface area contributed by atoms with Gasteiger partial charge >= 0.3 is 5.97 Å². The van der Waals surface area contributed by atoms with E-state index in [1.807, 2.05) is 12.1 Å². The first-order chi connectivity index (χ1) is 14.5. The van der Waals surface area contributed by atoms with E-state index in [9.17, 15) is 9.59 Å². The largest absolute Gasteiger partial charge is 0.465 e. The van der Waals surface area contributed by atoms with Crippen molar-refractivity contribution in [1.29, 1.82) is 0 Å². The average Bonchev–Trinajstić information content (AvgIpc) is 3.11. The summed E-state index contributed by atoms with van der Waals surface area (Å²) in [6.07, 6.45) is 5.94. The van der Waals surface area contributed by atoms with Crippen molar-refractivity contribution in [3.8, 4) is 0 Å². The van der Waals surface area contributed by atoms with E-state index in [0.717, 1.165) is 68.2 Å². The molecule has 1 aromatic heterocycles. The number of anilines is 1. The molecule has 1 aliphatic heterocycles. The van der Waals surface area contributed by atoms with Crippen LogP contribution in [0.2, 0.25) is 0 Å². The highest BCUT2D eigenvalue weighted by Crippen LogP contribution is 2.39. The van der Waals surface area contributed by atoms with Crippen LogP contribution in [0.4, 0.5) is 5.00 Å². The number of halogens is 1. The number of thiophene rings is 1. The molecule has 1 fully saturated rings. The maximum atomic E-state index is 13.1. The molecule has 0 bridgehead atoms. The maximum Gasteiger partial charge on any atom is 0.341 e. The van der Waals surface area contributed by atoms with E-state index in [2.05, 4.69) is 38.3 Å². The van der Waals surface area contributed by atoms with Crippen LogP contribution in [0.1, 0.15) is 52.0 Å². The molecular weight excluding hydrogens is 464 g/mol. The summed E-state index contributed by atoms with van der Waals surface area (Å²) in [5.74, 6) is -0.405. The van der Waals surface area contributed by atoms with Crippen LogP contribution in [-0.2, 0) is 28.9 Å². The molecule has 2 aliphatic rings. The molecular formula is C23H27BrN2O3S. The number of aryl methyl sites for hydroxylation is 1. The molecule has 4 rings (SSSR count). The lowest BCUT2D eigenvalue weighted by molar-refractivity contribution is -0.121. The van der Waals surface area contributed by atoms with Gasteiger partial charge in [-0.1, -0.05) is 28.1 Å². The number of rotatable bonds is 5. The monoisotopic (exact) mass is 490 g/mol. The van der Waals surface area contributed by atoms with Gasteiger partial charge in [0.25, 0.3) is 0 Å². The highest BCUT2D eigenvalue weighted by atomic mass is 79.9. The number of benzene rings is 1. The second-order valence-electron chi connectivity index (χ2n) is 8.10. The summed E-state index contributed by atoms with van der Waals surface area (Å²) in [4.78, 5) is 29.1. The van der Waals surface area contributed by atoms with E-state index < -0.39 is 0 Å². The molecule has 1 amide bonds. The average molecular weight is 491 g/mol. The van der Waals surface area contributed by atoms with Gasteiger partial charge in [-0.3, -0.25) is 9.69 Å². The SMILES string of the molecule is COC(=O)c1c(NC(=O)C2CCCN(Cc3cccc(Br)c3)C2)sc2c1CCCC2. The molecule has 7 heteroatoms. The van der Waals surface area contributed by atoms with Crippen molar-refractivity contribution in [1.82, 2.24) is 4.90 Å². The molecule has 1 unspecified atom stereocenters. The van der Waals surface area contributed by atoms with Crippen LogP contribution < -0.4 is 5.32 Å². The molecule has 30 heavy (non-hydrogen) atoms. The van der Waals surface area contributed by atoms with Crippen molar-refractivity contribution in [2.75, 3.05) is 25.5 Å². The van der Waals surface area contributed by atoms with Crippen LogP contribution in [-0.4, -0.2) is 37.0 Å². The van der Waals surface area contributed by atoms with E-state index in [1.54, 1.807) is 11.3 Å². The van der Waals surface area contributed by atoms with Crippen molar-refractivity contribution in [3.05, 3.63) is 50.3 Å². The Bertz CT molecular complexity index is 943. The number of hydrogen-bond donors (Lipinski definition) is 1. The fourth-order valence-electron chi connectivity index (χ4n) is 4.49. The number of ether oxygens (including phenoxy) is 1.